The van der Waals surface area contributed by atoms with Crippen LogP contribution >= 0.6 is 11.6 Å². The molecule has 0 aromatic heterocycles. The summed E-state index contributed by atoms with van der Waals surface area (Å²) in [5, 5.41) is 0.845. The van der Waals surface area contributed by atoms with Crippen molar-refractivity contribution in [1.29, 1.82) is 0 Å². The highest BCUT2D eigenvalue weighted by molar-refractivity contribution is 6.31. The first-order valence-electron chi connectivity index (χ1n) is 8.11. The quantitative estimate of drug-likeness (QED) is 0.926. The Morgan fingerprint density at radius 2 is 2.29 bits per heavy atom. The number of morpholine rings is 1. The lowest BCUT2D eigenvalue weighted by atomic mass is 10.0. The third-order valence-corrected chi connectivity index (χ3v) is 5.21. The van der Waals surface area contributed by atoms with Gasteiger partial charge >= 0.3 is 0 Å². The molecule has 4 heteroatoms. The zero-order valence-electron chi connectivity index (χ0n) is 12.7. The highest BCUT2D eigenvalue weighted by Gasteiger charge is 2.36. The van der Waals surface area contributed by atoms with E-state index in [4.69, 9.17) is 22.1 Å². The summed E-state index contributed by atoms with van der Waals surface area (Å²) in [7, 11) is 0. The average Bonchev–Trinajstić information content (AvgIpc) is 2.97. The van der Waals surface area contributed by atoms with Crippen LogP contribution in [0.3, 0.4) is 0 Å². The molecule has 3 nitrogen and oxygen atoms in total. The second-order valence-electron chi connectivity index (χ2n) is 6.25. The molecule has 3 rings (SSSR count). The van der Waals surface area contributed by atoms with Crippen LogP contribution in [-0.4, -0.2) is 31.3 Å². The van der Waals surface area contributed by atoms with Gasteiger partial charge in [0.2, 0.25) is 0 Å². The third kappa shape index (κ3) is 3.20. The molecule has 3 atom stereocenters. The molecule has 21 heavy (non-hydrogen) atoms. The topological polar surface area (TPSA) is 38.5 Å². The zero-order valence-corrected chi connectivity index (χ0v) is 13.5. The summed E-state index contributed by atoms with van der Waals surface area (Å²) in [4.78, 5) is 2.48. The fourth-order valence-corrected chi connectivity index (χ4v) is 3.81. The van der Waals surface area contributed by atoms with Gasteiger partial charge in [-0.2, -0.15) is 0 Å². The van der Waals surface area contributed by atoms with Crippen LogP contribution < -0.4 is 10.6 Å². The zero-order chi connectivity index (χ0) is 14.8. The predicted octanol–water partition coefficient (Wildman–Crippen LogP) is 3.38. The number of ether oxygens (including phenoxy) is 1. The molecule has 2 N–H and O–H groups in total. The molecule has 2 fully saturated rings. The first-order chi connectivity index (χ1) is 10.2. The van der Waals surface area contributed by atoms with E-state index in [1.165, 1.54) is 24.9 Å². The van der Waals surface area contributed by atoms with Crippen molar-refractivity contribution in [3.8, 4) is 0 Å². The summed E-state index contributed by atoms with van der Waals surface area (Å²) in [6, 6.07) is 7.17. The standard InChI is InChI=1S/C17H25ClN2O/c1-2-13(19)10-12-6-7-14(11-15(12)18)20-8-9-21-17-5-3-4-16(17)20/h6-7,11,13,16-17H,2-5,8-10,19H2,1H3. The van der Waals surface area contributed by atoms with E-state index < -0.39 is 0 Å². The molecule has 0 spiro atoms. The summed E-state index contributed by atoms with van der Waals surface area (Å²) in [5.74, 6) is 0. The molecule has 1 heterocycles. The Hall–Kier alpha value is -0.770. The number of hydrogen-bond donors (Lipinski definition) is 1. The highest BCUT2D eigenvalue weighted by atomic mass is 35.5. The number of benzene rings is 1. The van der Waals surface area contributed by atoms with Gasteiger partial charge in [0, 0.05) is 23.3 Å². The van der Waals surface area contributed by atoms with Crippen molar-refractivity contribution in [3.05, 3.63) is 28.8 Å². The number of fused-ring (bicyclic) bond motifs is 1. The Morgan fingerprint density at radius 1 is 1.43 bits per heavy atom. The van der Waals surface area contributed by atoms with E-state index in [2.05, 4.69) is 30.0 Å². The Kier molecular flexibility index (Phi) is 4.72. The fraction of sp³-hybridized carbons (Fsp3) is 0.647. The fourth-order valence-electron chi connectivity index (χ4n) is 3.55. The maximum absolute atomic E-state index is 6.48. The molecular formula is C17H25ClN2O. The lowest BCUT2D eigenvalue weighted by Gasteiger charge is -2.39. The van der Waals surface area contributed by atoms with E-state index in [9.17, 15) is 0 Å². The molecule has 1 aromatic rings. The van der Waals surface area contributed by atoms with Crippen LogP contribution in [0.5, 0.6) is 0 Å². The van der Waals surface area contributed by atoms with Crippen molar-refractivity contribution < 1.29 is 4.74 Å². The van der Waals surface area contributed by atoms with Crippen molar-refractivity contribution in [2.45, 2.75) is 57.2 Å². The summed E-state index contributed by atoms with van der Waals surface area (Å²) in [6.45, 7) is 3.90. The number of nitrogens with zero attached hydrogens (tertiary/aromatic N) is 1. The Morgan fingerprint density at radius 3 is 3.05 bits per heavy atom. The largest absolute Gasteiger partial charge is 0.374 e. The minimum absolute atomic E-state index is 0.191. The first-order valence-corrected chi connectivity index (χ1v) is 8.49. The minimum atomic E-state index is 0.191. The number of rotatable bonds is 4. The molecule has 1 saturated heterocycles. The average molecular weight is 309 g/mol. The van der Waals surface area contributed by atoms with Gasteiger partial charge in [-0.05, 0) is 49.8 Å². The molecule has 1 aromatic carbocycles. The van der Waals surface area contributed by atoms with Crippen LogP contribution in [0, 0.1) is 0 Å². The second-order valence-corrected chi connectivity index (χ2v) is 6.66. The summed E-state index contributed by atoms with van der Waals surface area (Å²) in [5.41, 5.74) is 8.43. The first kappa shape index (κ1) is 15.1. The molecule has 0 amide bonds. The van der Waals surface area contributed by atoms with Gasteiger partial charge in [-0.15, -0.1) is 0 Å². The van der Waals surface area contributed by atoms with Crippen LogP contribution in [-0.2, 0) is 11.2 Å². The van der Waals surface area contributed by atoms with Crippen LogP contribution in [0.15, 0.2) is 18.2 Å². The maximum atomic E-state index is 6.48. The molecule has 116 valence electrons. The van der Waals surface area contributed by atoms with E-state index in [1.54, 1.807) is 0 Å². The minimum Gasteiger partial charge on any atom is -0.374 e. The van der Waals surface area contributed by atoms with E-state index in [1.807, 2.05) is 0 Å². The second kappa shape index (κ2) is 6.55. The Bertz CT molecular complexity index is 494. The maximum Gasteiger partial charge on any atom is 0.0779 e. The molecule has 3 unspecified atom stereocenters. The van der Waals surface area contributed by atoms with Crippen molar-refractivity contribution in [1.82, 2.24) is 0 Å². The summed E-state index contributed by atoms with van der Waals surface area (Å²) >= 11 is 6.48. The van der Waals surface area contributed by atoms with Crippen LogP contribution in [0.25, 0.3) is 0 Å². The number of nitrogens with two attached hydrogens (primary N) is 1. The van der Waals surface area contributed by atoms with Crippen LogP contribution in [0.1, 0.15) is 38.2 Å². The molecular weight excluding hydrogens is 284 g/mol. The normalized spacial score (nSPS) is 26.7. The van der Waals surface area contributed by atoms with Crippen molar-refractivity contribution in [2.75, 3.05) is 18.1 Å². The SMILES string of the molecule is CCC(N)Cc1ccc(N2CCOC3CCCC32)cc1Cl. The molecule has 1 saturated carbocycles. The van der Waals surface area contributed by atoms with Gasteiger partial charge in [-0.3, -0.25) is 0 Å². The lowest BCUT2D eigenvalue weighted by molar-refractivity contribution is 0.0256. The van der Waals surface area contributed by atoms with E-state index >= 15 is 0 Å². The molecule has 2 aliphatic rings. The third-order valence-electron chi connectivity index (χ3n) is 4.86. The number of hydrogen-bond acceptors (Lipinski definition) is 3. The van der Waals surface area contributed by atoms with Gasteiger partial charge in [-0.25, -0.2) is 0 Å². The molecule has 1 aliphatic carbocycles. The Balaban J connectivity index is 1.78. The summed E-state index contributed by atoms with van der Waals surface area (Å²) < 4.78 is 5.88. The Labute approximate surface area is 132 Å². The van der Waals surface area contributed by atoms with E-state index in [-0.39, 0.29) is 6.04 Å². The van der Waals surface area contributed by atoms with Crippen molar-refractivity contribution in [2.24, 2.45) is 5.73 Å². The van der Waals surface area contributed by atoms with Gasteiger partial charge in [0.1, 0.15) is 0 Å². The van der Waals surface area contributed by atoms with Gasteiger partial charge in [0.15, 0.2) is 0 Å². The summed E-state index contributed by atoms with van der Waals surface area (Å²) in [6.07, 6.45) is 5.92. The van der Waals surface area contributed by atoms with Crippen molar-refractivity contribution in [3.63, 3.8) is 0 Å². The van der Waals surface area contributed by atoms with Gasteiger partial charge < -0.3 is 15.4 Å². The highest BCUT2D eigenvalue weighted by Crippen LogP contribution is 2.34. The molecule has 0 radical (unpaired) electrons. The molecule has 1 aliphatic heterocycles. The predicted molar refractivity (Wildman–Crippen MR) is 88.1 cm³/mol. The van der Waals surface area contributed by atoms with Crippen LogP contribution in [0.4, 0.5) is 5.69 Å². The van der Waals surface area contributed by atoms with E-state index in [0.29, 0.717) is 12.1 Å². The van der Waals surface area contributed by atoms with Crippen molar-refractivity contribution >= 4 is 17.3 Å². The van der Waals surface area contributed by atoms with E-state index in [0.717, 1.165) is 36.6 Å². The number of anilines is 1. The molecule has 0 bridgehead atoms. The van der Waals surface area contributed by atoms with Gasteiger partial charge in [-0.1, -0.05) is 24.6 Å². The number of halogens is 1. The smallest absolute Gasteiger partial charge is 0.0779 e. The van der Waals surface area contributed by atoms with Gasteiger partial charge in [0.25, 0.3) is 0 Å². The van der Waals surface area contributed by atoms with Crippen LogP contribution in [0.2, 0.25) is 5.02 Å². The monoisotopic (exact) mass is 308 g/mol. The van der Waals surface area contributed by atoms with Gasteiger partial charge in [0.05, 0.1) is 18.8 Å². The lowest BCUT2D eigenvalue weighted by Crippen LogP contribution is -2.48.